The fraction of sp³-hybridized carbons (Fsp3) is 0.222. The Morgan fingerprint density at radius 2 is 1.96 bits per heavy atom. The van der Waals surface area contributed by atoms with Gasteiger partial charge < -0.3 is 10.1 Å². The number of nitrogens with one attached hydrogen (secondary N) is 1. The van der Waals surface area contributed by atoms with Crippen molar-refractivity contribution >= 4 is 21.9 Å². The molecule has 4 aromatic rings. The van der Waals surface area contributed by atoms with Crippen LogP contribution in [0.25, 0.3) is 33.2 Å². The molecule has 4 aromatic heterocycles. The van der Waals surface area contributed by atoms with Crippen LogP contribution in [-0.2, 0) is 0 Å². The number of pyridine rings is 3. The summed E-state index contributed by atoms with van der Waals surface area (Å²) in [6.07, 6.45) is 7.17. The highest BCUT2D eigenvalue weighted by Gasteiger charge is 2.12. The number of aliphatic hydroxyl groups excluding tert-OH is 1. The molecule has 0 aromatic carbocycles. The fourth-order valence-corrected chi connectivity index (χ4v) is 2.88. The number of rotatable bonds is 3. The fourth-order valence-electron chi connectivity index (χ4n) is 2.88. The highest BCUT2D eigenvalue weighted by Crippen LogP contribution is 2.28. The van der Waals surface area contributed by atoms with Crippen molar-refractivity contribution in [1.82, 2.24) is 24.9 Å². The number of H-pyrrole nitrogens is 1. The van der Waals surface area contributed by atoms with Crippen LogP contribution in [-0.4, -0.2) is 30.0 Å². The van der Waals surface area contributed by atoms with Crippen molar-refractivity contribution in [2.75, 3.05) is 0 Å². The zero-order valence-corrected chi connectivity index (χ0v) is 13.5. The van der Waals surface area contributed by atoms with Crippen LogP contribution in [0.1, 0.15) is 30.7 Å². The molecule has 6 nitrogen and oxygen atoms in total. The molecule has 1 unspecified atom stereocenters. The third-order valence-electron chi connectivity index (χ3n) is 4.28. The minimum Gasteiger partial charge on any atom is -0.387 e. The third kappa shape index (κ3) is 2.32. The van der Waals surface area contributed by atoms with Gasteiger partial charge in [-0.3, -0.25) is 9.97 Å². The predicted molar refractivity (Wildman–Crippen MR) is 92.4 cm³/mol. The second-order valence-corrected chi connectivity index (χ2v) is 5.86. The van der Waals surface area contributed by atoms with Gasteiger partial charge in [0.2, 0.25) is 0 Å². The van der Waals surface area contributed by atoms with Crippen molar-refractivity contribution in [2.24, 2.45) is 0 Å². The lowest BCUT2D eigenvalue weighted by atomic mass is 10.0. The SMILES string of the molecule is CCC(O)c1cc(C)c(-c2cc3cnc4[nH]cnc4c3cn2)cn1. The quantitative estimate of drug-likeness (QED) is 0.605. The molecule has 4 rings (SSSR count). The van der Waals surface area contributed by atoms with Crippen LogP contribution in [0, 0.1) is 6.92 Å². The van der Waals surface area contributed by atoms with Crippen LogP contribution >= 0.6 is 0 Å². The summed E-state index contributed by atoms with van der Waals surface area (Å²) >= 11 is 0. The molecule has 1 atom stereocenters. The molecule has 4 heterocycles. The van der Waals surface area contributed by atoms with E-state index in [1.165, 1.54) is 0 Å². The molecular formula is C18H17N5O. The molecule has 0 spiro atoms. The van der Waals surface area contributed by atoms with Gasteiger partial charge in [-0.25, -0.2) is 9.97 Å². The van der Waals surface area contributed by atoms with Crippen LogP contribution in [0.2, 0.25) is 0 Å². The Hall–Kier alpha value is -2.86. The van der Waals surface area contributed by atoms with E-state index in [1.54, 1.807) is 12.5 Å². The Bertz CT molecular complexity index is 1040. The number of hydrogen-bond acceptors (Lipinski definition) is 5. The lowest BCUT2D eigenvalue weighted by Gasteiger charge is -2.11. The molecule has 0 saturated carbocycles. The Morgan fingerprint density at radius 1 is 1.08 bits per heavy atom. The zero-order chi connectivity index (χ0) is 16.7. The largest absolute Gasteiger partial charge is 0.387 e. The number of imidazole rings is 1. The van der Waals surface area contributed by atoms with Gasteiger partial charge in [0.1, 0.15) is 5.52 Å². The van der Waals surface area contributed by atoms with Crippen molar-refractivity contribution in [3.8, 4) is 11.3 Å². The van der Waals surface area contributed by atoms with Crippen LogP contribution in [0.3, 0.4) is 0 Å². The average Bonchev–Trinajstić information content (AvgIpc) is 3.09. The van der Waals surface area contributed by atoms with Gasteiger partial charge in [-0.1, -0.05) is 6.92 Å². The molecule has 0 amide bonds. The molecule has 0 saturated heterocycles. The third-order valence-corrected chi connectivity index (χ3v) is 4.28. The maximum atomic E-state index is 9.94. The van der Waals surface area contributed by atoms with E-state index < -0.39 is 6.10 Å². The van der Waals surface area contributed by atoms with E-state index in [9.17, 15) is 5.11 Å². The maximum absolute atomic E-state index is 9.94. The Kier molecular flexibility index (Phi) is 3.46. The van der Waals surface area contributed by atoms with Crippen LogP contribution < -0.4 is 0 Å². The summed E-state index contributed by atoms with van der Waals surface area (Å²) in [6, 6.07) is 3.92. The Labute approximate surface area is 138 Å². The zero-order valence-electron chi connectivity index (χ0n) is 13.5. The summed E-state index contributed by atoms with van der Waals surface area (Å²) in [6.45, 7) is 3.94. The van der Waals surface area contributed by atoms with Crippen molar-refractivity contribution in [3.05, 3.63) is 48.3 Å². The van der Waals surface area contributed by atoms with Gasteiger partial charge in [0, 0.05) is 34.9 Å². The minimum atomic E-state index is -0.528. The van der Waals surface area contributed by atoms with Crippen molar-refractivity contribution < 1.29 is 5.11 Å². The molecule has 2 N–H and O–H groups in total. The average molecular weight is 319 g/mol. The first kappa shape index (κ1) is 14.7. The number of aliphatic hydroxyl groups is 1. The Balaban J connectivity index is 1.83. The monoisotopic (exact) mass is 319 g/mol. The molecule has 0 aliphatic heterocycles. The molecule has 0 aliphatic rings. The van der Waals surface area contributed by atoms with Crippen LogP contribution in [0.5, 0.6) is 0 Å². The summed E-state index contributed by atoms with van der Waals surface area (Å²) in [5.41, 5.74) is 5.09. The first-order valence-corrected chi connectivity index (χ1v) is 7.90. The van der Waals surface area contributed by atoms with E-state index in [1.807, 2.05) is 38.4 Å². The molecular weight excluding hydrogens is 302 g/mol. The summed E-state index contributed by atoms with van der Waals surface area (Å²) in [5, 5.41) is 11.9. The van der Waals surface area contributed by atoms with Gasteiger partial charge in [-0.15, -0.1) is 0 Å². The summed E-state index contributed by atoms with van der Waals surface area (Å²) in [7, 11) is 0. The second kappa shape index (κ2) is 5.65. The molecule has 0 aliphatic carbocycles. The van der Waals surface area contributed by atoms with Crippen molar-refractivity contribution in [2.45, 2.75) is 26.4 Å². The van der Waals surface area contributed by atoms with Gasteiger partial charge >= 0.3 is 0 Å². The standard InChI is InChI=1S/C18H17N5O/c1-3-16(24)15-4-10(2)12(7-20-15)14-5-11-6-21-18-17(22-9-23-18)13(11)8-19-14/h4-9,16,24H,3H2,1-2H3,(H,21,22,23). The van der Waals surface area contributed by atoms with E-state index in [2.05, 4.69) is 24.9 Å². The van der Waals surface area contributed by atoms with Crippen molar-refractivity contribution in [1.29, 1.82) is 0 Å². The van der Waals surface area contributed by atoms with Crippen LogP contribution in [0.15, 0.2) is 37.1 Å². The number of aromatic amines is 1. The van der Waals surface area contributed by atoms with E-state index in [0.29, 0.717) is 12.1 Å². The summed E-state index contributed by atoms with van der Waals surface area (Å²) in [5.74, 6) is 0. The van der Waals surface area contributed by atoms with Crippen LogP contribution in [0.4, 0.5) is 0 Å². The topological polar surface area (TPSA) is 87.6 Å². The number of aryl methyl sites for hydroxylation is 1. The summed E-state index contributed by atoms with van der Waals surface area (Å²) in [4.78, 5) is 20.7. The van der Waals surface area contributed by atoms with Gasteiger partial charge in [-0.05, 0) is 31.0 Å². The normalized spacial score (nSPS) is 12.8. The minimum absolute atomic E-state index is 0.528. The van der Waals surface area contributed by atoms with Gasteiger partial charge in [-0.2, -0.15) is 0 Å². The molecule has 0 radical (unpaired) electrons. The van der Waals surface area contributed by atoms with Crippen molar-refractivity contribution in [3.63, 3.8) is 0 Å². The lowest BCUT2D eigenvalue weighted by Crippen LogP contribution is -2.00. The number of nitrogens with zero attached hydrogens (tertiary/aromatic N) is 4. The maximum Gasteiger partial charge on any atom is 0.157 e. The van der Waals surface area contributed by atoms with E-state index in [4.69, 9.17) is 0 Å². The highest BCUT2D eigenvalue weighted by atomic mass is 16.3. The first-order chi connectivity index (χ1) is 11.7. The van der Waals surface area contributed by atoms with E-state index >= 15 is 0 Å². The highest BCUT2D eigenvalue weighted by molar-refractivity contribution is 6.02. The Morgan fingerprint density at radius 3 is 2.75 bits per heavy atom. The molecule has 24 heavy (non-hydrogen) atoms. The number of fused-ring (bicyclic) bond motifs is 3. The molecule has 0 fully saturated rings. The van der Waals surface area contributed by atoms with Gasteiger partial charge in [0.05, 0.1) is 23.8 Å². The second-order valence-electron chi connectivity index (χ2n) is 5.86. The smallest absolute Gasteiger partial charge is 0.157 e. The lowest BCUT2D eigenvalue weighted by molar-refractivity contribution is 0.169. The van der Waals surface area contributed by atoms with E-state index in [0.717, 1.165) is 38.8 Å². The molecule has 120 valence electrons. The predicted octanol–water partition coefficient (Wildman–Crippen LogP) is 3.32. The number of aromatic nitrogens is 5. The number of hydrogen-bond donors (Lipinski definition) is 2. The van der Waals surface area contributed by atoms with Gasteiger partial charge in [0.25, 0.3) is 0 Å². The van der Waals surface area contributed by atoms with E-state index in [-0.39, 0.29) is 0 Å². The molecule has 0 bridgehead atoms. The molecule has 6 heteroatoms. The first-order valence-electron chi connectivity index (χ1n) is 7.90. The van der Waals surface area contributed by atoms with Gasteiger partial charge in [0.15, 0.2) is 5.65 Å². The summed E-state index contributed by atoms with van der Waals surface area (Å²) < 4.78 is 0.